The lowest BCUT2D eigenvalue weighted by atomic mass is 10.2. The van der Waals surface area contributed by atoms with Gasteiger partial charge in [-0.05, 0) is 30.5 Å². The average Bonchev–Trinajstić information content (AvgIpc) is 3.15. The molecule has 2 atom stereocenters. The summed E-state index contributed by atoms with van der Waals surface area (Å²) in [5, 5.41) is 2.76. The average molecular weight is 312 g/mol. The second-order valence-electron chi connectivity index (χ2n) is 5.46. The number of rotatable bonds is 5. The molecule has 1 aromatic rings. The van der Waals surface area contributed by atoms with Gasteiger partial charge in [0.25, 0.3) is 0 Å². The summed E-state index contributed by atoms with van der Waals surface area (Å²) in [6, 6.07) is 4.44. The monoisotopic (exact) mass is 312 g/mol. The van der Waals surface area contributed by atoms with E-state index in [1.807, 2.05) is 6.92 Å². The van der Waals surface area contributed by atoms with Crippen LogP contribution in [0, 0.1) is 11.8 Å². The number of anilines is 1. The van der Waals surface area contributed by atoms with Gasteiger partial charge in [0.2, 0.25) is 15.9 Å². The molecule has 0 heterocycles. The summed E-state index contributed by atoms with van der Waals surface area (Å²) < 4.78 is 30.6. The van der Waals surface area contributed by atoms with Crippen LogP contribution in [0.3, 0.4) is 0 Å². The summed E-state index contributed by atoms with van der Waals surface area (Å²) in [5.41, 5.74) is 0.379. The topological polar surface area (TPSA) is 75.7 Å². The summed E-state index contributed by atoms with van der Waals surface area (Å²) in [6.07, 6.45) is 0.865. The van der Waals surface area contributed by atoms with Crippen molar-refractivity contribution in [3.63, 3.8) is 0 Å². The first-order valence-corrected chi connectivity index (χ1v) is 8.12. The third-order valence-corrected chi connectivity index (χ3v) is 5.46. The highest BCUT2D eigenvalue weighted by molar-refractivity contribution is 7.89. The fourth-order valence-corrected chi connectivity index (χ4v) is 3.00. The molecule has 1 aromatic carbocycles. The predicted octanol–water partition coefficient (Wildman–Crippen LogP) is 1.54. The Labute approximate surface area is 125 Å². The number of hydrogen-bond donors (Lipinski definition) is 1. The van der Waals surface area contributed by atoms with Gasteiger partial charge in [-0.1, -0.05) is 6.92 Å². The maximum atomic E-state index is 12.1. The molecule has 0 aromatic heterocycles. The number of methoxy groups -OCH3 is 1. The van der Waals surface area contributed by atoms with Crippen LogP contribution in [0.4, 0.5) is 5.69 Å². The molecule has 1 aliphatic rings. The minimum atomic E-state index is -3.55. The van der Waals surface area contributed by atoms with Crippen molar-refractivity contribution in [2.45, 2.75) is 18.2 Å². The van der Waals surface area contributed by atoms with E-state index < -0.39 is 10.0 Å². The smallest absolute Gasteiger partial charge is 0.242 e. The Morgan fingerprint density at radius 2 is 2.00 bits per heavy atom. The lowest BCUT2D eigenvalue weighted by Crippen LogP contribution is -2.22. The number of carbonyl (C=O) groups is 1. The van der Waals surface area contributed by atoms with E-state index in [2.05, 4.69) is 5.32 Å². The van der Waals surface area contributed by atoms with Crippen molar-refractivity contribution in [1.29, 1.82) is 0 Å². The van der Waals surface area contributed by atoms with Crippen LogP contribution in [0.5, 0.6) is 5.75 Å². The normalized spacial score (nSPS) is 21.2. The summed E-state index contributed by atoms with van der Waals surface area (Å²) in [4.78, 5) is 12.1. The molecule has 0 aliphatic heterocycles. The third kappa shape index (κ3) is 3.19. The molecule has 1 aliphatic carbocycles. The zero-order chi connectivity index (χ0) is 15.8. The Hall–Kier alpha value is -1.60. The van der Waals surface area contributed by atoms with Crippen molar-refractivity contribution in [3.8, 4) is 5.75 Å². The summed E-state index contributed by atoms with van der Waals surface area (Å²) in [7, 11) is 0.852. The molecule has 0 spiro atoms. The van der Waals surface area contributed by atoms with Gasteiger partial charge in [0.05, 0.1) is 17.7 Å². The molecule has 1 saturated carbocycles. The number of sulfonamides is 1. The standard InChI is InChI=1S/C14H20N2O4S/c1-9-7-11(9)14(17)15-12-8-10(5-6-13(12)20-4)21(18,19)16(2)3/h5-6,8-9,11H,7H2,1-4H3,(H,15,17)/t9-,11+/m1/s1. The first-order valence-electron chi connectivity index (χ1n) is 6.68. The highest BCUT2D eigenvalue weighted by Gasteiger charge is 2.39. The van der Waals surface area contributed by atoms with Crippen LogP contribution in [0.1, 0.15) is 13.3 Å². The number of amides is 1. The van der Waals surface area contributed by atoms with E-state index in [9.17, 15) is 13.2 Å². The van der Waals surface area contributed by atoms with Gasteiger partial charge in [0, 0.05) is 20.0 Å². The molecule has 2 rings (SSSR count). The highest BCUT2D eigenvalue weighted by Crippen LogP contribution is 2.39. The number of nitrogens with one attached hydrogen (secondary N) is 1. The minimum Gasteiger partial charge on any atom is -0.495 e. The van der Waals surface area contributed by atoms with Crippen LogP contribution in [0.25, 0.3) is 0 Å². The van der Waals surface area contributed by atoms with Crippen LogP contribution >= 0.6 is 0 Å². The van der Waals surface area contributed by atoms with Gasteiger partial charge in [-0.2, -0.15) is 0 Å². The van der Waals surface area contributed by atoms with Gasteiger partial charge in [-0.25, -0.2) is 12.7 Å². The summed E-state index contributed by atoms with van der Waals surface area (Å²) >= 11 is 0. The van der Waals surface area contributed by atoms with E-state index in [-0.39, 0.29) is 16.7 Å². The third-order valence-electron chi connectivity index (χ3n) is 3.65. The molecule has 0 bridgehead atoms. The van der Waals surface area contributed by atoms with E-state index >= 15 is 0 Å². The minimum absolute atomic E-state index is 0.00354. The molecule has 6 nitrogen and oxygen atoms in total. The van der Waals surface area contributed by atoms with Gasteiger partial charge in [0.15, 0.2) is 0 Å². The molecule has 1 amide bonds. The Kier molecular flexibility index (Phi) is 4.25. The Morgan fingerprint density at radius 3 is 2.48 bits per heavy atom. The molecule has 0 unspecified atom stereocenters. The number of carbonyl (C=O) groups excluding carboxylic acids is 1. The highest BCUT2D eigenvalue weighted by atomic mass is 32.2. The van der Waals surface area contributed by atoms with E-state index in [0.717, 1.165) is 10.7 Å². The predicted molar refractivity (Wildman–Crippen MR) is 79.8 cm³/mol. The van der Waals surface area contributed by atoms with Crippen molar-refractivity contribution >= 4 is 21.6 Å². The van der Waals surface area contributed by atoms with E-state index in [1.165, 1.54) is 33.3 Å². The SMILES string of the molecule is COc1ccc(S(=O)(=O)N(C)C)cc1NC(=O)[C@H]1C[C@H]1C. The molecular weight excluding hydrogens is 292 g/mol. The molecule has 21 heavy (non-hydrogen) atoms. The van der Waals surface area contributed by atoms with Crippen molar-refractivity contribution in [3.05, 3.63) is 18.2 Å². The second kappa shape index (κ2) is 5.65. The Bertz CT molecular complexity index is 655. The summed E-state index contributed by atoms with van der Waals surface area (Å²) in [5.74, 6) is 0.725. The van der Waals surface area contributed by atoms with Gasteiger partial charge >= 0.3 is 0 Å². The number of ether oxygens (including phenoxy) is 1. The largest absolute Gasteiger partial charge is 0.495 e. The fourth-order valence-electron chi connectivity index (χ4n) is 2.07. The van der Waals surface area contributed by atoms with Crippen molar-refractivity contribution in [1.82, 2.24) is 4.31 Å². The molecule has 1 fully saturated rings. The van der Waals surface area contributed by atoms with E-state index in [0.29, 0.717) is 17.4 Å². The number of hydrogen-bond acceptors (Lipinski definition) is 4. The second-order valence-corrected chi connectivity index (χ2v) is 7.61. The molecule has 7 heteroatoms. The molecule has 0 radical (unpaired) electrons. The van der Waals surface area contributed by atoms with E-state index in [4.69, 9.17) is 4.74 Å². The van der Waals surface area contributed by atoms with Crippen LogP contribution < -0.4 is 10.1 Å². The molecule has 1 N–H and O–H groups in total. The Balaban J connectivity index is 2.32. The van der Waals surface area contributed by atoms with Crippen LogP contribution in [0.15, 0.2) is 23.1 Å². The lowest BCUT2D eigenvalue weighted by Gasteiger charge is -2.15. The summed E-state index contributed by atoms with van der Waals surface area (Å²) in [6.45, 7) is 2.01. The van der Waals surface area contributed by atoms with Crippen LogP contribution in [-0.4, -0.2) is 39.8 Å². The van der Waals surface area contributed by atoms with Crippen molar-refractivity contribution < 1.29 is 17.9 Å². The van der Waals surface area contributed by atoms with Gasteiger partial charge < -0.3 is 10.1 Å². The Morgan fingerprint density at radius 1 is 1.38 bits per heavy atom. The zero-order valence-electron chi connectivity index (χ0n) is 12.6. The number of nitrogens with zero attached hydrogens (tertiary/aromatic N) is 1. The van der Waals surface area contributed by atoms with Gasteiger partial charge in [-0.3, -0.25) is 4.79 Å². The fraction of sp³-hybridized carbons (Fsp3) is 0.500. The van der Waals surface area contributed by atoms with Crippen molar-refractivity contribution in [2.75, 3.05) is 26.5 Å². The lowest BCUT2D eigenvalue weighted by molar-refractivity contribution is -0.117. The quantitative estimate of drug-likeness (QED) is 0.895. The maximum Gasteiger partial charge on any atom is 0.242 e. The number of benzene rings is 1. The van der Waals surface area contributed by atoms with Gasteiger partial charge in [-0.15, -0.1) is 0 Å². The van der Waals surface area contributed by atoms with Crippen LogP contribution in [0.2, 0.25) is 0 Å². The molecule has 0 saturated heterocycles. The molecular formula is C14H20N2O4S. The zero-order valence-corrected chi connectivity index (χ0v) is 13.4. The molecule has 116 valence electrons. The van der Waals surface area contributed by atoms with Gasteiger partial charge in [0.1, 0.15) is 5.75 Å². The van der Waals surface area contributed by atoms with E-state index in [1.54, 1.807) is 6.07 Å². The first kappa shape index (κ1) is 15.8. The van der Waals surface area contributed by atoms with Crippen molar-refractivity contribution in [2.24, 2.45) is 11.8 Å². The van der Waals surface area contributed by atoms with Crippen LogP contribution in [-0.2, 0) is 14.8 Å². The first-order chi connectivity index (χ1) is 9.77. The maximum absolute atomic E-state index is 12.1.